The number of benzene rings is 4. The van der Waals surface area contributed by atoms with Gasteiger partial charge in [0, 0.05) is 0 Å². The third-order valence-corrected chi connectivity index (χ3v) is 6.09. The van der Waals surface area contributed by atoms with Gasteiger partial charge in [0.15, 0.2) is 11.4 Å². The van der Waals surface area contributed by atoms with Crippen LogP contribution in [0, 0.1) is 11.5 Å². The Morgan fingerprint density at radius 1 is 0.688 bits per heavy atom. The van der Waals surface area contributed by atoms with Gasteiger partial charge in [0.25, 0.3) is 0 Å². The van der Waals surface area contributed by atoms with Crippen LogP contribution in [0.5, 0.6) is 0 Å². The molecule has 156 valence electrons. The Morgan fingerprint density at radius 3 is 1.47 bits per heavy atom. The first-order chi connectivity index (χ1) is 15.8. The monoisotopic (exact) mass is 433 g/mol. The van der Waals surface area contributed by atoms with Gasteiger partial charge in [-0.25, -0.2) is 4.99 Å². The van der Waals surface area contributed by atoms with Crippen LogP contribution in [0.25, 0.3) is 0 Å². The second kappa shape index (κ2) is 10.00. The zero-order valence-electron chi connectivity index (χ0n) is 17.8. The zero-order chi connectivity index (χ0) is 22.2. The molecule has 3 nitrogen and oxygen atoms in total. The van der Waals surface area contributed by atoms with Crippen LogP contribution >= 0.6 is 11.8 Å². The molecule has 0 saturated carbocycles. The summed E-state index contributed by atoms with van der Waals surface area (Å²) in [5, 5.41) is 12.1. The molecule has 4 aromatic carbocycles. The van der Waals surface area contributed by atoms with E-state index in [0.717, 1.165) is 11.3 Å². The second-order valence-corrected chi connectivity index (χ2v) is 8.05. The molecule has 0 aliphatic rings. The fourth-order valence-corrected chi connectivity index (χ4v) is 4.48. The highest BCUT2D eigenvalue weighted by Crippen LogP contribution is 2.45. The maximum Gasteiger partial charge on any atom is 0.183 e. The quantitative estimate of drug-likeness (QED) is 0.129. The topological polar surface area (TPSA) is 48.2 Å². The normalized spacial score (nSPS) is 11.6. The smallest absolute Gasteiger partial charge is 0.183 e. The summed E-state index contributed by atoms with van der Waals surface area (Å²) in [4.78, 5) is 4.55. The molecule has 4 aromatic rings. The van der Waals surface area contributed by atoms with Crippen molar-refractivity contribution in [3.05, 3.63) is 138 Å². The van der Waals surface area contributed by atoms with Gasteiger partial charge in [-0.2, -0.15) is 5.26 Å². The summed E-state index contributed by atoms with van der Waals surface area (Å²) in [6.07, 6.45) is 3.83. The zero-order valence-corrected chi connectivity index (χ0v) is 18.6. The van der Waals surface area contributed by atoms with E-state index in [-0.39, 0.29) is 0 Å². The summed E-state index contributed by atoms with van der Waals surface area (Å²) >= 11 is 1.41. The molecule has 0 heterocycles. The SMILES string of the molecule is CSC(=Nc1ccc(C(c2ccccc2)(c2ccccc2)c2ccccc2)cc1)NC#N. The minimum atomic E-state index is -0.473. The third-order valence-electron chi connectivity index (χ3n) is 5.51. The maximum absolute atomic E-state index is 8.92. The summed E-state index contributed by atoms with van der Waals surface area (Å²) < 4.78 is 0. The van der Waals surface area contributed by atoms with Gasteiger partial charge in [-0.15, -0.1) is 0 Å². The van der Waals surface area contributed by atoms with Crippen LogP contribution in [0.15, 0.2) is 120 Å². The van der Waals surface area contributed by atoms with Gasteiger partial charge in [-0.05, 0) is 40.6 Å². The molecule has 0 bridgehead atoms. The van der Waals surface area contributed by atoms with Gasteiger partial charge in [0.05, 0.1) is 11.1 Å². The summed E-state index contributed by atoms with van der Waals surface area (Å²) in [5.41, 5.74) is 5.07. The van der Waals surface area contributed by atoms with E-state index in [0.29, 0.717) is 5.17 Å². The molecule has 0 spiro atoms. The summed E-state index contributed by atoms with van der Waals surface area (Å²) in [5.74, 6) is 0. The van der Waals surface area contributed by atoms with Crippen molar-refractivity contribution in [2.45, 2.75) is 5.41 Å². The Balaban J connectivity index is 1.96. The van der Waals surface area contributed by atoms with E-state index in [4.69, 9.17) is 5.26 Å². The molecule has 0 aliphatic heterocycles. The largest absolute Gasteiger partial charge is 0.271 e. The molecule has 32 heavy (non-hydrogen) atoms. The minimum absolute atomic E-state index is 0.473. The molecule has 0 fully saturated rings. The van der Waals surface area contributed by atoms with Gasteiger partial charge in [-0.3, -0.25) is 5.32 Å². The van der Waals surface area contributed by atoms with Crippen molar-refractivity contribution in [3.63, 3.8) is 0 Å². The Bertz CT molecular complexity index is 1120. The molecule has 0 unspecified atom stereocenters. The molecule has 4 heteroatoms. The van der Waals surface area contributed by atoms with Crippen LogP contribution in [0.2, 0.25) is 0 Å². The van der Waals surface area contributed by atoms with Crippen molar-refractivity contribution in [1.29, 1.82) is 5.26 Å². The minimum Gasteiger partial charge on any atom is -0.271 e. The fraction of sp³-hybridized carbons (Fsp3) is 0.0714. The lowest BCUT2D eigenvalue weighted by atomic mass is 9.65. The van der Waals surface area contributed by atoms with Gasteiger partial charge >= 0.3 is 0 Å². The van der Waals surface area contributed by atoms with Crippen LogP contribution in [0.4, 0.5) is 5.69 Å². The number of thioether (sulfide) groups is 1. The fourth-order valence-electron chi connectivity index (χ4n) is 4.14. The average Bonchev–Trinajstić information content (AvgIpc) is 2.87. The standard InChI is InChI=1S/C28H23N3S/c1-32-27(30-21-29)31-26-19-17-25(18-20-26)28(22-11-5-2-6-12-22,23-13-7-3-8-14-23)24-15-9-4-10-16-24/h2-20H,1H3,(H,30,31). The predicted molar refractivity (Wildman–Crippen MR) is 134 cm³/mol. The molecule has 1 N–H and O–H groups in total. The molecular weight excluding hydrogens is 410 g/mol. The van der Waals surface area contributed by atoms with Gasteiger partial charge < -0.3 is 0 Å². The number of nitriles is 1. The Kier molecular flexibility index (Phi) is 6.69. The summed E-state index contributed by atoms with van der Waals surface area (Å²) in [6.45, 7) is 0. The van der Waals surface area contributed by atoms with Crippen molar-refractivity contribution >= 4 is 22.6 Å². The molecule has 0 amide bonds. The van der Waals surface area contributed by atoms with Crippen LogP contribution < -0.4 is 5.32 Å². The van der Waals surface area contributed by atoms with E-state index in [1.165, 1.54) is 28.5 Å². The van der Waals surface area contributed by atoms with Gasteiger partial charge in [-0.1, -0.05) is 115 Å². The second-order valence-electron chi connectivity index (χ2n) is 7.25. The van der Waals surface area contributed by atoms with Crippen LogP contribution in [-0.2, 0) is 5.41 Å². The maximum atomic E-state index is 8.92. The number of rotatable bonds is 5. The molecule has 4 rings (SSSR count). The Morgan fingerprint density at radius 2 is 1.09 bits per heavy atom. The highest BCUT2D eigenvalue weighted by atomic mass is 32.2. The lowest BCUT2D eigenvalue weighted by molar-refractivity contribution is 0.745. The van der Waals surface area contributed by atoms with Crippen molar-refractivity contribution < 1.29 is 0 Å². The van der Waals surface area contributed by atoms with Crippen molar-refractivity contribution in [2.24, 2.45) is 4.99 Å². The van der Waals surface area contributed by atoms with Gasteiger partial charge in [0.1, 0.15) is 0 Å². The van der Waals surface area contributed by atoms with E-state index in [1.54, 1.807) is 0 Å². The van der Waals surface area contributed by atoms with E-state index in [1.807, 2.05) is 42.8 Å². The summed E-state index contributed by atoms with van der Waals surface area (Å²) in [7, 11) is 0. The van der Waals surface area contributed by atoms with E-state index >= 15 is 0 Å². The highest BCUT2D eigenvalue weighted by molar-refractivity contribution is 8.13. The number of amidine groups is 1. The number of hydrogen-bond acceptors (Lipinski definition) is 3. The van der Waals surface area contributed by atoms with E-state index in [2.05, 4.69) is 95.2 Å². The lowest BCUT2D eigenvalue weighted by Gasteiger charge is -2.36. The van der Waals surface area contributed by atoms with E-state index < -0.39 is 5.41 Å². The number of aliphatic imine (C=N–C) groups is 1. The highest BCUT2D eigenvalue weighted by Gasteiger charge is 2.38. The molecule has 0 atom stereocenters. The van der Waals surface area contributed by atoms with Crippen molar-refractivity contribution in [1.82, 2.24) is 5.32 Å². The first-order valence-electron chi connectivity index (χ1n) is 10.3. The molecular formula is C28H23N3S. The van der Waals surface area contributed by atoms with Crippen LogP contribution in [0.1, 0.15) is 22.3 Å². The number of nitrogens with zero attached hydrogens (tertiary/aromatic N) is 2. The van der Waals surface area contributed by atoms with Gasteiger partial charge in [0.2, 0.25) is 0 Å². The Labute approximate surface area is 193 Å². The first-order valence-corrected chi connectivity index (χ1v) is 11.6. The average molecular weight is 434 g/mol. The third kappa shape index (κ3) is 4.16. The molecule has 0 radical (unpaired) electrons. The predicted octanol–water partition coefficient (Wildman–Crippen LogP) is 6.49. The number of hydrogen-bond donors (Lipinski definition) is 1. The molecule has 0 aliphatic carbocycles. The molecule has 0 aromatic heterocycles. The van der Waals surface area contributed by atoms with Crippen molar-refractivity contribution in [3.8, 4) is 6.19 Å². The van der Waals surface area contributed by atoms with Crippen LogP contribution in [0.3, 0.4) is 0 Å². The summed E-state index contributed by atoms with van der Waals surface area (Å²) in [6, 6.07) is 40.1. The number of nitrogens with one attached hydrogen (secondary N) is 1. The lowest BCUT2D eigenvalue weighted by Crippen LogP contribution is -2.30. The van der Waals surface area contributed by atoms with E-state index in [9.17, 15) is 0 Å². The van der Waals surface area contributed by atoms with Crippen molar-refractivity contribution in [2.75, 3.05) is 6.26 Å². The Hall–Kier alpha value is -3.81. The first kappa shape index (κ1) is 21.4. The van der Waals surface area contributed by atoms with Crippen LogP contribution in [-0.4, -0.2) is 11.4 Å². The molecule has 0 saturated heterocycles.